The van der Waals surface area contributed by atoms with Crippen molar-refractivity contribution in [3.05, 3.63) is 0 Å². The van der Waals surface area contributed by atoms with Crippen molar-refractivity contribution in [3.63, 3.8) is 0 Å². The van der Waals surface area contributed by atoms with Crippen LogP contribution in [0.2, 0.25) is 0 Å². The second kappa shape index (κ2) is 1.72. The van der Waals surface area contributed by atoms with E-state index in [0.29, 0.717) is 11.8 Å². The summed E-state index contributed by atoms with van der Waals surface area (Å²) in [5.41, 5.74) is 0. The van der Waals surface area contributed by atoms with E-state index in [1.807, 2.05) is 0 Å². The van der Waals surface area contributed by atoms with Gasteiger partial charge in [0.25, 0.3) is 0 Å². The quantitative estimate of drug-likeness (QED) is 0.584. The van der Waals surface area contributed by atoms with Crippen molar-refractivity contribution < 1.29 is 4.79 Å². The van der Waals surface area contributed by atoms with Crippen LogP contribution in [-0.4, -0.2) is 5.78 Å². The van der Waals surface area contributed by atoms with Gasteiger partial charge in [0.2, 0.25) is 0 Å². The molecule has 0 amide bonds. The zero-order chi connectivity index (χ0) is 9.47. The molecule has 0 aromatic carbocycles. The zero-order valence-electron chi connectivity index (χ0n) is 8.80. The molecule has 10 unspecified atom stereocenters. The van der Waals surface area contributed by atoms with Crippen molar-refractivity contribution in [1.82, 2.24) is 0 Å². The van der Waals surface area contributed by atoms with E-state index in [-0.39, 0.29) is 0 Å². The maximum absolute atomic E-state index is 12.4. The number of ketones is 1. The molecule has 0 heterocycles. The minimum Gasteiger partial charge on any atom is -0.299 e. The van der Waals surface area contributed by atoms with E-state index in [2.05, 4.69) is 0 Å². The fourth-order valence-electron chi connectivity index (χ4n) is 7.93. The number of carbonyl (C=O) groups excluding carboxylic acids is 1. The van der Waals surface area contributed by atoms with Crippen LogP contribution >= 0.6 is 0 Å². The molecule has 0 spiro atoms. The van der Waals surface area contributed by atoms with E-state index in [4.69, 9.17) is 0 Å². The Balaban J connectivity index is 1.74. The molecule has 0 saturated heterocycles. The summed E-state index contributed by atoms with van der Waals surface area (Å²) in [6.45, 7) is 0. The molecule has 6 rings (SSSR count). The molecular weight excluding hydrogens is 184 g/mol. The topological polar surface area (TPSA) is 17.1 Å². The van der Waals surface area contributed by atoms with Gasteiger partial charge in [-0.05, 0) is 66.6 Å². The van der Waals surface area contributed by atoms with Gasteiger partial charge >= 0.3 is 0 Å². The van der Waals surface area contributed by atoms with Gasteiger partial charge in [0.05, 0.1) is 0 Å². The maximum atomic E-state index is 12.4. The minimum atomic E-state index is 0.562. The van der Waals surface area contributed by atoms with Crippen LogP contribution in [0.4, 0.5) is 0 Å². The number of Topliss-reactive ketones (excluding diaryl/α,β-unsaturated/α-hetero) is 1. The molecule has 6 aliphatic carbocycles. The molecule has 78 valence electrons. The summed E-state index contributed by atoms with van der Waals surface area (Å²) in [6.07, 6.45) is 4.30. The molecule has 6 aliphatic rings. The van der Waals surface area contributed by atoms with Gasteiger partial charge in [-0.2, -0.15) is 0 Å². The zero-order valence-corrected chi connectivity index (χ0v) is 8.80. The van der Waals surface area contributed by atoms with Crippen LogP contribution in [0.5, 0.6) is 0 Å². The van der Waals surface area contributed by atoms with Crippen LogP contribution in [0, 0.1) is 59.2 Å². The second-order valence-corrected chi connectivity index (χ2v) is 7.30. The number of rotatable bonds is 0. The Labute approximate surface area is 89.6 Å². The largest absolute Gasteiger partial charge is 0.299 e. The van der Waals surface area contributed by atoms with Gasteiger partial charge in [0.15, 0.2) is 0 Å². The van der Waals surface area contributed by atoms with Crippen molar-refractivity contribution in [2.75, 3.05) is 0 Å². The highest BCUT2D eigenvalue weighted by Crippen LogP contribution is 2.82. The molecule has 0 aliphatic heterocycles. The Morgan fingerprint density at radius 1 is 0.800 bits per heavy atom. The third-order valence-corrected chi connectivity index (χ3v) is 7.62. The molecule has 1 nitrogen and oxygen atoms in total. The van der Waals surface area contributed by atoms with Gasteiger partial charge in [0, 0.05) is 11.8 Å². The lowest BCUT2D eigenvalue weighted by atomic mass is 9.73. The second-order valence-electron chi connectivity index (χ2n) is 7.30. The Bertz CT molecular complexity index is 412. The highest BCUT2D eigenvalue weighted by molar-refractivity contribution is 5.88. The Morgan fingerprint density at radius 3 is 2.67 bits per heavy atom. The van der Waals surface area contributed by atoms with Gasteiger partial charge in [-0.1, -0.05) is 0 Å². The molecule has 2 bridgehead atoms. The van der Waals surface area contributed by atoms with E-state index in [1.165, 1.54) is 19.3 Å². The first-order valence-electron chi connectivity index (χ1n) is 6.90. The highest BCUT2D eigenvalue weighted by Gasteiger charge is 2.79. The summed E-state index contributed by atoms with van der Waals surface area (Å²) >= 11 is 0. The molecule has 10 atom stereocenters. The molecule has 0 aromatic heterocycles. The van der Waals surface area contributed by atoms with Crippen molar-refractivity contribution in [3.8, 4) is 0 Å². The van der Waals surface area contributed by atoms with Crippen LogP contribution in [0.1, 0.15) is 19.3 Å². The smallest absolute Gasteiger partial charge is 0.139 e. The lowest BCUT2D eigenvalue weighted by molar-refractivity contribution is -0.127. The summed E-state index contributed by atoms with van der Waals surface area (Å²) in [5, 5.41) is 0. The standard InChI is InChI=1S/C14H16O/c15-14-8-2-4-1-5-6-3-7-10(5)9(4)12(8)11(7)13(6)14/h4-13H,1-3H2. The molecule has 15 heavy (non-hydrogen) atoms. The fraction of sp³-hybridized carbons (Fsp3) is 0.929. The summed E-state index contributed by atoms with van der Waals surface area (Å²) in [4.78, 5) is 12.4. The molecule has 6 fully saturated rings. The van der Waals surface area contributed by atoms with Gasteiger partial charge in [0.1, 0.15) is 5.78 Å². The predicted octanol–water partition coefficient (Wildman–Crippen LogP) is 1.97. The van der Waals surface area contributed by atoms with Gasteiger partial charge in [-0.25, -0.2) is 0 Å². The van der Waals surface area contributed by atoms with Gasteiger partial charge < -0.3 is 0 Å². The third kappa shape index (κ3) is 0.459. The predicted molar refractivity (Wildman–Crippen MR) is 53.8 cm³/mol. The first-order chi connectivity index (χ1) is 7.36. The average Bonchev–Trinajstić information content (AvgIpc) is 2.88. The summed E-state index contributed by atoms with van der Waals surface area (Å²) in [6, 6.07) is 0. The Morgan fingerprint density at radius 2 is 1.73 bits per heavy atom. The molecule has 0 radical (unpaired) electrons. The fourth-order valence-corrected chi connectivity index (χ4v) is 7.93. The van der Waals surface area contributed by atoms with Gasteiger partial charge in [-0.3, -0.25) is 4.79 Å². The van der Waals surface area contributed by atoms with Crippen LogP contribution in [-0.2, 0) is 4.79 Å². The minimum absolute atomic E-state index is 0.562. The molecule has 1 heteroatoms. The van der Waals surface area contributed by atoms with Crippen LogP contribution in [0.3, 0.4) is 0 Å². The van der Waals surface area contributed by atoms with Crippen molar-refractivity contribution in [2.24, 2.45) is 59.2 Å². The van der Waals surface area contributed by atoms with E-state index < -0.39 is 0 Å². The lowest BCUT2D eigenvalue weighted by Gasteiger charge is -2.31. The lowest BCUT2D eigenvalue weighted by Crippen LogP contribution is -2.32. The first kappa shape index (κ1) is 7.09. The van der Waals surface area contributed by atoms with E-state index >= 15 is 0 Å². The SMILES string of the molecule is O=C1C2CC3CC4C5CC6C4C3C2C6C15. The van der Waals surface area contributed by atoms with Crippen molar-refractivity contribution >= 4 is 5.78 Å². The molecule has 0 aromatic rings. The summed E-state index contributed by atoms with van der Waals surface area (Å²) < 4.78 is 0. The van der Waals surface area contributed by atoms with Crippen LogP contribution < -0.4 is 0 Å². The van der Waals surface area contributed by atoms with Crippen molar-refractivity contribution in [2.45, 2.75) is 19.3 Å². The Hall–Kier alpha value is -0.330. The summed E-state index contributed by atoms with van der Waals surface area (Å²) in [5.74, 6) is 9.76. The third-order valence-electron chi connectivity index (χ3n) is 7.62. The average molecular weight is 200 g/mol. The summed E-state index contributed by atoms with van der Waals surface area (Å²) in [7, 11) is 0. The maximum Gasteiger partial charge on any atom is 0.139 e. The normalized spacial score (nSPS) is 79.3. The molecule has 6 saturated carbocycles. The first-order valence-corrected chi connectivity index (χ1v) is 6.90. The van der Waals surface area contributed by atoms with E-state index in [1.54, 1.807) is 0 Å². The number of hydrogen-bond acceptors (Lipinski definition) is 1. The van der Waals surface area contributed by atoms with Crippen LogP contribution in [0.15, 0.2) is 0 Å². The number of hydrogen-bond donors (Lipinski definition) is 0. The monoisotopic (exact) mass is 200 g/mol. The highest BCUT2D eigenvalue weighted by atomic mass is 16.1. The molecule has 0 N–H and O–H groups in total. The van der Waals surface area contributed by atoms with E-state index in [0.717, 1.165) is 53.1 Å². The Kier molecular flexibility index (Phi) is 0.815. The van der Waals surface area contributed by atoms with E-state index in [9.17, 15) is 4.79 Å². The number of fused-ring (bicyclic) bond motifs is 3. The molecular formula is C14H16O. The van der Waals surface area contributed by atoms with Crippen LogP contribution in [0.25, 0.3) is 0 Å². The van der Waals surface area contributed by atoms with Gasteiger partial charge in [-0.15, -0.1) is 0 Å². The van der Waals surface area contributed by atoms with Crippen molar-refractivity contribution in [1.29, 1.82) is 0 Å². The number of carbonyl (C=O) groups is 1.